The summed E-state index contributed by atoms with van der Waals surface area (Å²) in [6.45, 7) is 0.683. The zero-order chi connectivity index (χ0) is 17.3. The van der Waals surface area contributed by atoms with Crippen molar-refractivity contribution < 1.29 is 9.90 Å². The summed E-state index contributed by atoms with van der Waals surface area (Å²) in [6.07, 6.45) is 11.0. The monoisotopic (exact) mass is 340 g/mol. The van der Waals surface area contributed by atoms with Crippen molar-refractivity contribution in [1.82, 2.24) is 19.9 Å². The van der Waals surface area contributed by atoms with Gasteiger partial charge in [0.05, 0.1) is 17.8 Å². The Morgan fingerprint density at radius 1 is 1.36 bits per heavy atom. The van der Waals surface area contributed by atoms with Gasteiger partial charge in [0.1, 0.15) is 0 Å². The summed E-state index contributed by atoms with van der Waals surface area (Å²) in [4.78, 5) is 21.4. The molecule has 0 saturated heterocycles. The molecule has 0 radical (unpaired) electrons. The van der Waals surface area contributed by atoms with Gasteiger partial charge >= 0.3 is 0 Å². The fraction of sp³-hybridized carbons (Fsp3) is 0.526. The van der Waals surface area contributed by atoms with Crippen LogP contribution in [0.1, 0.15) is 31.4 Å². The third kappa shape index (κ3) is 3.58. The molecule has 0 bridgehead atoms. The van der Waals surface area contributed by atoms with E-state index in [-0.39, 0.29) is 23.5 Å². The van der Waals surface area contributed by atoms with Crippen molar-refractivity contribution in [3.05, 3.63) is 48.8 Å². The number of nitrogens with one attached hydrogen (secondary N) is 1. The quantitative estimate of drug-likeness (QED) is 0.801. The minimum Gasteiger partial charge on any atom is -0.393 e. The maximum Gasteiger partial charge on any atom is 0.228 e. The standard InChI is InChI=1S/C19H24N4O2/c24-16-9-14(10-16)17(11-15-3-1-2-6-21-15)22-18(25)19(4-5-19)12-23-8-7-20-13-23/h1-3,6-8,13-14,16-17,24H,4-5,9-12H2,(H,22,25). The first-order valence-electron chi connectivity index (χ1n) is 8.99. The molecule has 1 amide bonds. The average molecular weight is 340 g/mol. The lowest BCUT2D eigenvalue weighted by Crippen LogP contribution is -2.50. The Bertz CT molecular complexity index is 706. The van der Waals surface area contributed by atoms with Crippen LogP contribution in [0.4, 0.5) is 0 Å². The molecule has 2 aromatic heterocycles. The molecule has 2 aliphatic rings. The van der Waals surface area contributed by atoms with E-state index < -0.39 is 0 Å². The molecule has 2 saturated carbocycles. The van der Waals surface area contributed by atoms with E-state index in [1.165, 1.54) is 0 Å². The first-order valence-corrected chi connectivity index (χ1v) is 8.99. The van der Waals surface area contributed by atoms with Crippen molar-refractivity contribution in [1.29, 1.82) is 0 Å². The summed E-state index contributed by atoms with van der Waals surface area (Å²) >= 11 is 0. The van der Waals surface area contributed by atoms with Crippen LogP contribution in [-0.2, 0) is 17.8 Å². The molecule has 25 heavy (non-hydrogen) atoms. The molecule has 0 aromatic carbocycles. The van der Waals surface area contributed by atoms with Gasteiger partial charge in [-0.05, 0) is 43.7 Å². The van der Waals surface area contributed by atoms with E-state index in [1.807, 2.05) is 29.0 Å². The second-order valence-electron chi connectivity index (χ2n) is 7.51. The van der Waals surface area contributed by atoms with Gasteiger partial charge < -0.3 is 15.0 Å². The van der Waals surface area contributed by atoms with Crippen LogP contribution in [0.5, 0.6) is 0 Å². The largest absolute Gasteiger partial charge is 0.393 e. The number of hydrogen-bond donors (Lipinski definition) is 2. The number of rotatable bonds is 7. The van der Waals surface area contributed by atoms with Gasteiger partial charge in [0.2, 0.25) is 5.91 Å². The molecule has 2 aromatic rings. The number of aliphatic hydroxyl groups excluding tert-OH is 1. The number of nitrogens with zero attached hydrogens (tertiary/aromatic N) is 3. The second-order valence-corrected chi connectivity index (χ2v) is 7.51. The zero-order valence-electron chi connectivity index (χ0n) is 14.2. The topological polar surface area (TPSA) is 80.0 Å². The fourth-order valence-electron chi connectivity index (χ4n) is 3.70. The van der Waals surface area contributed by atoms with Crippen molar-refractivity contribution in [2.75, 3.05) is 0 Å². The van der Waals surface area contributed by atoms with Crippen LogP contribution in [0.15, 0.2) is 43.1 Å². The van der Waals surface area contributed by atoms with Crippen LogP contribution >= 0.6 is 0 Å². The van der Waals surface area contributed by atoms with E-state index in [9.17, 15) is 9.90 Å². The highest BCUT2D eigenvalue weighted by Crippen LogP contribution is 2.47. The van der Waals surface area contributed by atoms with E-state index in [1.54, 1.807) is 18.7 Å². The van der Waals surface area contributed by atoms with Gasteiger partial charge in [-0.25, -0.2) is 4.98 Å². The van der Waals surface area contributed by atoms with E-state index >= 15 is 0 Å². The molecule has 1 unspecified atom stereocenters. The molecule has 2 aliphatic carbocycles. The molecular weight excluding hydrogens is 316 g/mol. The van der Waals surface area contributed by atoms with Gasteiger partial charge in [-0.2, -0.15) is 0 Å². The molecule has 4 rings (SSSR count). The van der Waals surface area contributed by atoms with Crippen LogP contribution in [-0.4, -0.2) is 37.7 Å². The van der Waals surface area contributed by atoms with Crippen LogP contribution in [0.2, 0.25) is 0 Å². The maximum atomic E-state index is 13.0. The van der Waals surface area contributed by atoms with Crippen LogP contribution in [0, 0.1) is 11.3 Å². The Hall–Kier alpha value is -2.21. The van der Waals surface area contributed by atoms with E-state index in [0.29, 0.717) is 18.9 Å². The van der Waals surface area contributed by atoms with Gasteiger partial charge in [0.25, 0.3) is 0 Å². The van der Waals surface area contributed by atoms with Gasteiger partial charge in [-0.15, -0.1) is 0 Å². The highest BCUT2D eigenvalue weighted by molar-refractivity contribution is 5.85. The number of pyridine rings is 1. The van der Waals surface area contributed by atoms with Crippen molar-refractivity contribution in [3.63, 3.8) is 0 Å². The molecule has 0 aliphatic heterocycles. The van der Waals surface area contributed by atoms with Crippen molar-refractivity contribution in [3.8, 4) is 0 Å². The van der Waals surface area contributed by atoms with Gasteiger partial charge in [0, 0.05) is 43.3 Å². The van der Waals surface area contributed by atoms with Crippen molar-refractivity contribution in [2.24, 2.45) is 11.3 Å². The minimum absolute atomic E-state index is 0.0334. The lowest BCUT2D eigenvalue weighted by Gasteiger charge is -2.38. The normalized spacial score (nSPS) is 25.0. The summed E-state index contributed by atoms with van der Waals surface area (Å²) in [5.74, 6) is 0.452. The van der Waals surface area contributed by atoms with Gasteiger partial charge in [-0.1, -0.05) is 6.07 Å². The average Bonchev–Trinajstić information content (AvgIpc) is 3.19. The van der Waals surface area contributed by atoms with Crippen LogP contribution in [0.3, 0.4) is 0 Å². The number of aliphatic hydroxyl groups is 1. The Morgan fingerprint density at radius 2 is 2.20 bits per heavy atom. The highest BCUT2D eigenvalue weighted by Gasteiger charge is 2.51. The molecule has 6 nitrogen and oxygen atoms in total. The van der Waals surface area contributed by atoms with Crippen LogP contribution in [0.25, 0.3) is 0 Å². The smallest absolute Gasteiger partial charge is 0.228 e. The Kier molecular flexibility index (Phi) is 4.29. The van der Waals surface area contributed by atoms with E-state index in [4.69, 9.17) is 0 Å². The summed E-state index contributed by atoms with van der Waals surface area (Å²) in [7, 11) is 0. The number of carbonyl (C=O) groups is 1. The third-order valence-corrected chi connectivity index (χ3v) is 5.57. The number of carbonyl (C=O) groups excluding carboxylic acids is 1. The predicted octanol–water partition coefficient (Wildman–Crippen LogP) is 1.56. The number of aromatic nitrogens is 3. The van der Waals surface area contributed by atoms with Gasteiger partial charge in [0.15, 0.2) is 0 Å². The first kappa shape index (κ1) is 16.3. The summed E-state index contributed by atoms with van der Waals surface area (Å²) < 4.78 is 1.98. The lowest BCUT2D eigenvalue weighted by atomic mass is 9.75. The molecule has 2 heterocycles. The maximum absolute atomic E-state index is 13.0. The third-order valence-electron chi connectivity index (χ3n) is 5.57. The molecular formula is C19H24N4O2. The van der Waals surface area contributed by atoms with E-state index in [2.05, 4.69) is 15.3 Å². The summed E-state index contributed by atoms with van der Waals surface area (Å²) in [6, 6.07) is 5.89. The molecule has 132 valence electrons. The summed E-state index contributed by atoms with van der Waals surface area (Å²) in [5.41, 5.74) is 0.680. The molecule has 2 N–H and O–H groups in total. The first-order chi connectivity index (χ1) is 12.1. The Balaban J connectivity index is 1.43. The van der Waals surface area contributed by atoms with Crippen molar-refractivity contribution in [2.45, 2.75) is 50.8 Å². The van der Waals surface area contributed by atoms with Crippen LogP contribution < -0.4 is 5.32 Å². The predicted molar refractivity (Wildman–Crippen MR) is 92.5 cm³/mol. The van der Waals surface area contributed by atoms with Gasteiger partial charge in [-0.3, -0.25) is 9.78 Å². The lowest BCUT2D eigenvalue weighted by molar-refractivity contribution is -0.128. The minimum atomic E-state index is -0.300. The zero-order valence-corrected chi connectivity index (χ0v) is 14.2. The Morgan fingerprint density at radius 3 is 2.80 bits per heavy atom. The molecule has 1 atom stereocenters. The fourth-order valence-corrected chi connectivity index (χ4v) is 3.70. The highest BCUT2D eigenvalue weighted by atomic mass is 16.3. The molecule has 6 heteroatoms. The number of hydrogen-bond acceptors (Lipinski definition) is 4. The SMILES string of the molecule is O=C(NC(Cc1ccccn1)C1CC(O)C1)C1(Cn2ccnc2)CC1. The molecule has 0 spiro atoms. The second kappa shape index (κ2) is 6.59. The van der Waals surface area contributed by atoms with E-state index in [0.717, 1.165) is 31.4 Å². The Labute approximate surface area is 147 Å². The molecule has 2 fully saturated rings. The number of amides is 1. The van der Waals surface area contributed by atoms with Crippen molar-refractivity contribution >= 4 is 5.91 Å². The number of imidazole rings is 1. The summed E-state index contributed by atoms with van der Waals surface area (Å²) in [5, 5.41) is 13.0.